The molecule has 0 radical (unpaired) electrons. The van der Waals surface area contributed by atoms with Crippen molar-refractivity contribution >= 4 is 12.1 Å². The van der Waals surface area contributed by atoms with Crippen molar-refractivity contribution in [1.82, 2.24) is 4.90 Å². The third-order valence-electron chi connectivity index (χ3n) is 2.53. The van der Waals surface area contributed by atoms with Gasteiger partial charge in [-0.05, 0) is 34.1 Å². The van der Waals surface area contributed by atoms with Crippen LogP contribution < -0.4 is 0 Å². The Labute approximate surface area is 114 Å². The summed E-state index contributed by atoms with van der Waals surface area (Å²) in [4.78, 5) is 24.5. The van der Waals surface area contributed by atoms with E-state index in [2.05, 4.69) is 0 Å². The second-order valence-electron chi connectivity index (χ2n) is 5.56. The van der Waals surface area contributed by atoms with E-state index in [9.17, 15) is 19.8 Å². The molecule has 2 atom stereocenters. The van der Waals surface area contributed by atoms with Gasteiger partial charge in [0.2, 0.25) is 0 Å². The summed E-state index contributed by atoms with van der Waals surface area (Å²) in [5.41, 5.74) is -0.709. The number of carbonyl (C=O) groups excluding carboxylic acids is 1. The summed E-state index contributed by atoms with van der Waals surface area (Å²) in [6, 6.07) is -1.59. The standard InChI is InChI=1S/C13H25NO5/c1-6-7-10(11(16)17)14(9(2)8-15)12(18)19-13(3,4)5/h9-10,15H,6-8H2,1-5H3,(H,16,17)/t9-,10-/m0/s1. The Balaban J connectivity index is 5.18. The van der Waals surface area contributed by atoms with Crippen molar-refractivity contribution in [2.24, 2.45) is 0 Å². The first-order chi connectivity index (χ1) is 8.64. The Morgan fingerprint density at radius 3 is 2.16 bits per heavy atom. The smallest absolute Gasteiger partial charge is 0.411 e. The van der Waals surface area contributed by atoms with Gasteiger partial charge in [-0.2, -0.15) is 0 Å². The molecule has 0 aliphatic carbocycles. The maximum atomic E-state index is 12.1. The summed E-state index contributed by atoms with van der Waals surface area (Å²) < 4.78 is 5.21. The fourth-order valence-corrected chi connectivity index (χ4v) is 1.67. The van der Waals surface area contributed by atoms with Gasteiger partial charge in [0, 0.05) is 0 Å². The Hall–Kier alpha value is -1.30. The molecule has 0 aliphatic heterocycles. The minimum atomic E-state index is -1.09. The lowest BCUT2D eigenvalue weighted by atomic mass is 10.1. The zero-order valence-corrected chi connectivity index (χ0v) is 12.3. The molecule has 0 bridgehead atoms. The van der Waals surface area contributed by atoms with Gasteiger partial charge in [0.25, 0.3) is 0 Å². The van der Waals surface area contributed by atoms with E-state index in [0.717, 1.165) is 4.90 Å². The van der Waals surface area contributed by atoms with Gasteiger partial charge in [0.05, 0.1) is 12.6 Å². The number of carboxylic acids is 1. The lowest BCUT2D eigenvalue weighted by Gasteiger charge is -2.34. The van der Waals surface area contributed by atoms with Crippen LogP contribution in [0.3, 0.4) is 0 Å². The summed E-state index contributed by atoms with van der Waals surface area (Å²) in [7, 11) is 0. The molecule has 0 aromatic heterocycles. The SMILES string of the molecule is CCC[C@@H](C(=O)O)N(C(=O)OC(C)(C)C)[C@@H](C)CO. The van der Waals surface area contributed by atoms with E-state index in [4.69, 9.17) is 4.74 Å². The van der Waals surface area contributed by atoms with E-state index < -0.39 is 29.7 Å². The number of carbonyl (C=O) groups is 2. The average molecular weight is 275 g/mol. The van der Waals surface area contributed by atoms with Crippen molar-refractivity contribution < 1.29 is 24.5 Å². The summed E-state index contributed by atoms with van der Waals surface area (Å²) in [6.07, 6.45) is 0.225. The number of aliphatic hydroxyl groups excluding tert-OH is 1. The monoisotopic (exact) mass is 275 g/mol. The second kappa shape index (κ2) is 7.33. The first kappa shape index (κ1) is 17.7. The number of hydrogen-bond acceptors (Lipinski definition) is 4. The topological polar surface area (TPSA) is 87.1 Å². The molecule has 0 fully saturated rings. The first-order valence-electron chi connectivity index (χ1n) is 6.49. The van der Waals surface area contributed by atoms with Crippen LogP contribution in [0, 0.1) is 0 Å². The Bertz CT molecular complexity index is 311. The summed E-state index contributed by atoms with van der Waals surface area (Å²) in [5.74, 6) is -1.09. The van der Waals surface area contributed by atoms with E-state index >= 15 is 0 Å². The predicted molar refractivity (Wildman–Crippen MR) is 71.0 cm³/mol. The van der Waals surface area contributed by atoms with E-state index in [1.54, 1.807) is 27.7 Å². The van der Waals surface area contributed by atoms with Gasteiger partial charge in [-0.25, -0.2) is 9.59 Å². The van der Waals surface area contributed by atoms with Gasteiger partial charge in [-0.15, -0.1) is 0 Å². The molecule has 0 aliphatic rings. The van der Waals surface area contributed by atoms with E-state index in [0.29, 0.717) is 12.8 Å². The number of aliphatic carboxylic acids is 1. The van der Waals surface area contributed by atoms with Crippen molar-refractivity contribution in [3.05, 3.63) is 0 Å². The van der Waals surface area contributed by atoms with E-state index in [-0.39, 0.29) is 6.61 Å². The number of aliphatic hydroxyl groups is 1. The van der Waals surface area contributed by atoms with Crippen molar-refractivity contribution in [3.8, 4) is 0 Å². The van der Waals surface area contributed by atoms with E-state index in [1.165, 1.54) is 0 Å². The number of carboxylic acid groups (broad SMARTS) is 1. The molecule has 6 heteroatoms. The molecule has 0 aromatic carbocycles. The third-order valence-corrected chi connectivity index (χ3v) is 2.53. The van der Waals surface area contributed by atoms with Crippen LogP contribution >= 0.6 is 0 Å². The van der Waals surface area contributed by atoms with E-state index in [1.807, 2.05) is 6.92 Å². The number of hydrogen-bond donors (Lipinski definition) is 2. The predicted octanol–water partition coefficient (Wildman–Crippen LogP) is 1.86. The minimum absolute atomic E-state index is 0.313. The highest BCUT2D eigenvalue weighted by molar-refractivity contribution is 5.80. The second-order valence-corrected chi connectivity index (χ2v) is 5.56. The molecule has 6 nitrogen and oxygen atoms in total. The molecular weight excluding hydrogens is 250 g/mol. The maximum absolute atomic E-state index is 12.1. The summed E-state index contributed by atoms with van der Waals surface area (Å²) in [5, 5.41) is 18.4. The molecule has 0 aromatic rings. The molecular formula is C13H25NO5. The summed E-state index contributed by atoms with van der Waals surface area (Å²) in [6.45, 7) is 8.25. The lowest BCUT2D eigenvalue weighted by Crippen LogP contribution is -2.52. The van der Waals surface area contributed by atoms with Crippen LogP contribution in [0.2, 0.25) is 0 Å². The zero-order chi connectivity index (χ0) is 15.2. The molecule has 0 saturated carbocycles. The van der Waals surface area contributed by atoms with Crippen molar-refractivity contribution in [2.75, 3.05) is 6.61 Å². The van der Waals surface area contributed by atoms with Gasteiger partial charge >= 0.3 is 12.1 Å². The van der Waals surface area contributed by atoms with Gasteiger partial charge in [0.1, 0.15) is 11.6 Å². The molecule has 0 heterocycles. The molecule has 1 amide bonds. The fraction of sp³-hybridized carbons (Fsp3) is 0.846. The van der Waals surface area contributed by atoms with Crippen molar-refractivity contribution in [2.45, 2.75) is 65.1 Å². The molecule has 0 rings (SSSR count). The minimum Gasteiger partial charge on any atom is -0.480 e. The van der Waals surface area contributed by atoms with Gasteiger partial charge in [-0.1, -0.05) is 13.3 Å². The molecule has 0 unspecified atom stereocenters. The van der Waals surface area contributed by atoms with Gasteiger partial charge < -0.3 is 14.9 Å². The third kappa shape index (κ3) is 5.92. The highest BCUT2D eigenvalue weighted by atomic mass is 16.6. The Morgan fingerprint density at radius 2 is 1.84 bits per heavy atom. The summed E-state index contributed by atoms with van der Waals surface area (Å²) >= 11 is 0. The number of rotatable bonds is 6. The van der Waals surface area contributed by atoms with Gasteiger partial charge in [0.15, 0.2) is 0 Å². The Kier molecular flexibility index (Phi) is 6.83. The van der Waals surface area contributed by atoms with Crippen molar-refractivity contribution in [1.29, 1.82) is 0 Å². The van der Waals surface area contributed by atoms with Crippen molar-refractivity contribution in [3.63, 3.8) is 0 Å². The van der Waals surface area contributed by atoms with Crippen LogP contribution in [0.25, 0.3) is 0 Å². The number of nitrogens with zero attached hydrogens (tertiary/aromatic N) is 1. The normalized spacial score (nSPS) is 14.6. The maximum Gasteiger partial charge on any atom is 0.411 e. The molecule has 0 spiro atoms. The van der Waals surface area contributed by atoms with Crippen LogP contribution in [-0.2, 0) is 9.53 Å². The first-order valence-corrected chi connectivity index (χ1v) is 6.49. The lowest BCUT2D eigenvalue weighted by molar-refractivity contribution is -0.144. The fourth-order valence-electron chi connectivity index (χ4n) is 1.67. The van der Waals surface area contributed by atoms with Crippen LogP contribution in [0.1, 0.15) is 47.5 Å². The Morgan fingerprint density at radius 1 is 1.32 bits per heavy atom. The molecule has 2 N–H and O–H groups in total. The average Bonchev–Trinajstić information content (AvgIpc) is 2.25. The van der Waals surface area contributed by atoms with Gasteiger partial charge in [-0.3, -0.25) is 4.90 Å². The molecule has 19 heavy (non-hydrogen) atoms. The van der Waals surface area contributed by atoms with Crippen LogP contribution in [0.15, 0.2) is 0 Å². The van der Waals surface area contributed by atoms with Crippen LogP contribution in [0.5, 0.6) is 0 Å². The van der Waals surface area contributed by atoms with Crippen LogP contribution in [0.4, 0.5) is 4.79 Å². The number of ether oxygens (including phenoxy) is 1. The largest absolute Gasteiger partial charge is 0.480 e. The number of amides is 1. The highest BCUT2D eigenvalue weighted by Crippen LogP contribution is 2.17. The molecule has 0 saturated heterocycles. The zero-order valence-electron chi connectivity index (χ0n) is 12.3. The highest BCUT2D eigenvalue weighted by Gasteiger charge is 2.35. The van der Waals surface area contributed by atoms with Crippen LogP contribution in [-0.4, -0.2) is 51.5 Å². The quantitative estimate of drug-likeness (QED) is 0.772. The molecule has 112 valence electrons.